The third-order valence-corrected chi connectivity index (χ3v) is 1.77. The summed E-state index contributed by atoms with van der Waals surface area (Å²) in [5, 5.41) is 0. The van der Waals surface area contributed by atoms with Crippen molar-refractivity contribution in [3.8, 4) is 0 Å². The fourth-order valence-electron chi connectivity index (χ4n) is 1.07. The zero-order valence-electron chi connectivity index (χ0n) is 6.64. The van der Waals surface area contributed by atoms with Gasteiger partial charge in [-0.3, -0.25) is 4.79 Å². The first-order chi connectivity index (χ1) is 5.91. The molecule has 72 valence electrons. The van der Waals surface area contributed by atoms with Crippen molar-refractivity contribution in [2.75, 3.05) is 0 Å². The van der Waals surface area contributed by atoms with Gasteiger partial charge in [0.05, 0.1) is 5.92 Å². The van der Waals surface area contributed by atoms with Crippen LogP contribution in [0.5, 0.6) is 0 Å². The topological polar surface area (TPSA) is 43.1 Å². The molecule has 1 rings (SSSR count). The summed E-state index contributed by atoms with van der Waals surface area (Å²) in [6.07, 6.45) is -0.948. The quantitative estimate of drug-likeness (QED) is 0.671. The lowest BCUT2D eigenvalue weighted by molar-refractivity contribution is -0.160. The normalized spacial score (nSPS) is 22.7. The van der Waals surface area contributed by atoms with Crippen LogP contribution >= 0.6 is 0 Å². The molecule has 1 unspecified atom stereocenters. The van der Waals surface area contributed by atoms with E-state index in [0.29, 0.717) is 0 Å². The highest BCUT2D eigenvalue weighted by Crippen LogP contribution is 2.33. The van der Waals surface area contributed by atoms with Crippen molar-refractivity contribution in [2.45, 2.75) is 12.6 Å². The minimum Gasteiger partial charge on any atom is -0.366 e. The summed E-state index contributed by atoms with van der Waals surface area (Å²) in [6.45, 7) is 0. The average Bonchev–Trinajstić information content (AvgIpc) is 2.03. The van der Waals surface area contributed by atoms with Gasteiger partial charge >= 0.3 is 6.18 Å². The van der Waals surface area contributed by atoms with Gasteiger partial charge in [0.1, 0.15) is 0 Å². The van der Waals surface area contributed by atoms with Crippen molar-refractivity contribution in [1.82, 2.24) is 0 Å². The molecule has 13 heavy (non-hydrogen) atoms. The zero-order valence-corrected chi connectivity index (χ0v) is 6.64. The predicted octanol–water partition coefficient (Wildman–Crippen LogP) is 1.54. The maximum Gasteiger partial charge on any atom is 0.395 e. The predicted molar refractivity (Wildman–Crippen MR) is 40.6 cm³/mol. The summed E-state index contributed by atoms with van der Waals surface area (Å²) >= 11 is 0. The van der Waals surface area contributed by atoms with Crippen LogP contribution in [0, 0.1) is 5.92 Å². The molecule has 2 nitrogen and oxygen atoms in total. The molecular weight excluding hydrogens is 183 g/mol. The van der Waals surface area contributed by atoms with Gasteiger partial charge in [0.15, 0.2) is 0 Å². The summed E-state index contributed by atoms with van der Waals surface area (Å²) < 4.78 is 36.4. The average molecular weight is 191 g/mol. The molecule has 0 saturated heterocycles. The number of halogens is 3. The fraction of sp³-hybridized carbons (Fsp3) is 0.375. The van der Waals surface area contributed by atoms with Gasteiger partial charge in [0, 0.05) is 5.57 Å². The van der Waals surface area contributed by atoms with E-state index >= 15 is 0 Å². The van der Waals surface area contributed by atoms with Crippen LogP contribution in [0.15, 0.2) is 23.8 Å². The molecule has 0 heterocycles. The second kappa shape index (κ2) is 3.24. The largest absolute Gasteiger partial charge is 0.395 e. The van der Waals surface area contributed by atoms with E-state index in [1.54, 1.807) is 0 Å². The molecule has 0 aromatic rings. The number of hydrogen-bond acceptors (Lipinski definition) is 1. The Morgan fingerprint density at radius 2 is 2.15 bits per heavy atom. The summed E-state index contributed by atoms with van der Waals surface area (Å²) in [5.74, 6) is -2.41. The van der Waals surface area contributed by atoms with E-state index in [1.807, 2.05) is 0 Å². The van der Waals surface area contributed by atoms with Crippen LogP contribution in [0.25, 0.3) is 0 Å². The van der Waals surface area contributed by atoms with Crippen molar-refractivity contribution in [1.29, 1.82) is 0 Å². The van der Waals surface area contributed by atoms with Crippen LogP contribution in [0.2, 0.25) is 0 Å². The van der Waals surface area contributed by atoms with E-state index in [2.05, 4.69) is 0 Å². The standard InChI is InChI=1S/C8H8F3NO/c9-8(10,11)6-3-1-2-5(4-6)7(12)13/h1-2,4,6H,3H2,(H2,12,13). The number of amides is 1. The number of carbonyl (C=O) groups is 1. The van der Waals surface area contributed by atoms with Gasteiger partial charge in [-0.25, -0.2) is 0 Å². The fourth-order valence-corrected chi connectivity index (χ4v) is 1.07. The van der Waals surface area contributed by atoms with E-state index in [0.717, 1.165) is 6.08 Å². The number of nitrogens with two attached hydrogens (primary N) is 1. The number of alkyl halides is 3. The van der Waals surface area contributed by atoms with Crippen LogP contribution in [-0.2, 0) is 4.79 Å². The van der Waals surface area contributed by atoms with E-state index in [-0.39, 0.29) is 12.0 Å². The van der Waals surface area contributed by atoms with E-state index in [9.17, 15) is 18.0 Å². The van der Waals surface area contributed by atoms with Crippen molar-refractivity contribution >= 4 is 5.91 Å². The highest BCUT2D eigenvalue weighted by molar-refractivity contribution is 5.95. The third-order valence-electron chi connectivity index (χ3n) is 1.77. The summed E-state index contributed by atoms with van der Waals surface area (Å²) in [4.78, 5) is 10.6. The van der Waals surface area contributed by atoms with Gasteiger partial charge in [-0.05, 0) is 6.42 Å². The van der Waals surface area contributed by atoms with Gasteiger partial charge < -0.3 is 5.73 Å². The maximum atomic E-state index is 12.1. The lowest BCUT2D eigenvalue weighted by Crippen LogP contribution is -2.24. The van der Waals surface area contributed by atoms with Gasteiger partial charge in [-0.15, -0.1) is 0 Å². The summed E-state index contributed by atoms with van der Waals surface area (Å²) in [5.41, 5.74) is 4.77. The molecule has 0 aliphatic heterocycles. The Hall–Kier alpha value is -1.26. The summed E-state index contributed by atoms with van der Waals surface area (Å²) in [6, 6.07) is 0. The minimum absolute atomic E-state index is 0.0754. The van der Waals surface area contributed by atoms with Gasteiger partial charge in [-0.1, -0.05) is 18.2 Å². The molecule has 0 aromatic heterocycles. The monoisotopic (exact) mass is 191 g/mol. The van der Waals surface area contributed by atoms with E-state index in [4.69, 9.17) is 5.73 Å². The molecule has 0 radical (unpaired) electrons. The number of primary amides is 1. The molecule has 2 N–H and O–H groups in total. The molecule has 1 atom stereocenters. The van der Waals surface area contributed by atoms with E-state index in [1.165, 1.54) is 12.2 Å². The first-order valence-corrected chi connectivity index (χ1v) is 3.66. The van der Waals surface area contributed by atoms with Crippen LogP contribution in [0.4, 0.5) is 13.2 Å². The molecule has 1 aliphatic carbocycles. The van der Waals surface area contributed by atoms with Gasteiger partial charge in [0.2, 0.25) is 5.91 Å². The summed E-state index contributed by atoms with van der Waals surface area (Å²) in [7, 11) is 0. The molecule has 0 fully saturated rings. The SMILES string of the molecule is NC(=O)C1=CC(C(F)(F)F)CC=C1. The van der Waals surface area contributed by atoms with Crippen molar-refractivity contribution in [3.63, 3.8) is 0 Å². The number of rotatable bonds is 1. The zero-order chi connectivity index (χ0) is 10.1. The maximum absolute atomic E-state index is 12.1. The van der Waals surface area contributed by atoms with Crippen LogP contribution < -0.4 is 5.73 Å². The Labute approximate surface area is 72.9 Å². The Kier molecular flexibility index (Phi) is 2.45. The highest BCUT2D eigenvalue weighted by atomic mass is 19.4. The second-order valence-corrected chi connectivity index (χ2v) is 2.77. The van der Waals surface area contributed by atoms with E-state index < -0.39 is 18.0 Å². The minimum atomic E-state index is -4.30. The number of allylic oxidation sites excluding steroid dienone is 2. The van der Waals surface area contributed by atoms with Crippen molar-refractivity contribution in [3.05, 3.63) is 23.8 Å². The lowest BCUT2D eigenvalue weighted by atomic mass is 9.95. The highest BCUT2D eigenvalue weighted by Gasteiger charge is 2.38. The molecule has 0 bridgehead atoms. The van der Waals surface area contributed by atoms with Crippen LogP contribution in [-0.4, -0.2) is 12.1 Å². The van der Waals surface area contributed by atoms with Crippen LogP contribution in [0.3, 0.4) is 0 Å². The first kappa shape index (κ1) is 9.83. The Morgan fingerprint density at radius 3 is 2.62 bits per heavy atom. The van der Waals surface area contributed by atoms with Gasteiger partial charge in [-0.2, -0.15) is 13.2 Å². The molecular formula is C8H8F3NO. The second-order valence-electron chi connectivity index (χ2n) is 2.77. The smallest absolute Gasteiger partial charge is 0.366 e. The molecule has 0 spiro atoms. The molecule has 1 amide bonds. The van der Waals surface area contributed by atoms with Crippen LogP contribution in [0.1, 0.15) is 6.42 Å². The third kappa shape index (κ3) is 2.34. The molecule has 0 aromatic carbocycles. The molecule has 1 aliphatic rings. The van der Waals surface area contributed by atoms with Crippen molar-refractivity contribution in [2.24, 2.45) is 11.7 Å². The van der Waals surface area contributed by atoms with Gasteiger partial charge in [0.25, 0.3) is 0 Å². The molecule has 0 saturated carbocycles. The van der Waals surface area contributed by atoms with Crippen molar-refractivity contribution < 1.29 is 18.0 Å². The Balaban J connectivity index is 2.85. The molecule has 5 heteroatoms. The Morgan fingerprint density at radius 1 is 1.54 bits per heavy atom. The Bertz CT molecular complexity index is 278. The number of hydrogen-bond donors (Lipinski definition) is 1. The first-order valence-electron chi connectivity index (χ1n) is 3.66. The lowest BCUT2D eigenvalue weighted by Gasteiger charge is -2.18. The number of carbonyl (C=O) groups excluding carboxylic acids is 1.